The number of hydrogen-bond donors (Lipinski definition) is 2. The quantitative estimate of drug-likeness (QED) is 0.859. The van der Waals surface area contributed by atoms with Gasteiger partial charge in [-0.1, -0.05) is 13.8 Å². The molecule has 1 aromatic heterocycles. The van der Waals surface area contributed by atoms with Crippen molar-refractivity contribution in [3.63, 3.8) is 0 Å². The average molecular weight is 369 g/mol. The second-order valence-electron chi connectivity index (χ2n) is 4.73. The summed E-state index contributed by atoms with van der Waals surface area (Å²) in [4.78, 5) is 17.1. The summed E-state index contributed by atoms with van der Waals surface area (Å²) in [5, 5.41) is 11.4. The zero-order chi connectivity index (χ0) is 17.7. The van der Waals surface area contributed by atoms with Gasteiger partial charge in [0.1, 0.15) is 6.10 Å². The SMILES string of the molecule is CC.O=C1C(O)CCN1c1ccc(S(=O)(=O)Nc2nccs2)cc1. The molecule has 24 heavy (non-hydrogen) atoms. The summed E-state index contributed by atoms with van der Waals surface area (Å²) in [5.41, 5.74) is 0.565. The van der Waals surface area contributed by atoms with E-state index >= 15 is 0 Å². The van der Waals surface area contributed by atoms with E-state index in [1.165, 1.54) is 34.6 Å². The van der Waals surface area contributed by atoms with Gasteiger partial charge in [0.05, 0.1) is 4.90 Å². The Morgan fingerprint density at radius 1 is 1.29 bits per heavy atom. The summed E-state index contributed by atoms with van der Waals surface area (Å²) in [6.07, 6.45) is 0.912. The number of rotatable bonds is 4. The molecule has 1 unspecified atom stereocenters. The highest BCUT2D eigenvalue weighted by molar-refractivity contribution is 7.93. The second kappa shape index (κ2) is 7.73. The summed E-state index contributed by atoms with van der Waals surface area (Å²) in [6.45, 7) is 4.42. The Morgan fingerprint density at radius 2 is 1.96 bits per heavy atom. The average Bonchev–Trinajstić information content (AvgIpc) is 3.20. The van der Waals surface area contributed by atoms with Gasteiger partial charge in [-0.05, 0) is 24.3 Å². The second-order valence-corrected chi connectivity index (χ2v) is 7.31. The number of carbonyl (C=O) groups excluding carboxylic acids is 1. The van der Waals surface area contributed by atoms with Gasteiger partial charge in [-0.3, -0.25) is 9.52 Å². The van der Waals surface area contributed by atoms with Crippen LogP contribution in [0, 0.1) is 0 Å². The number of hydrogen-bond acceptors (Lipinski definition) is 6. The van der Waals surface area contributed by atoms with Crippen molar-refractivity contribution in [2.45, 2.75) is 31.3 Å². The third kappa shape index (κ3) is 3.92. The monoisotopic (exact) mass is 369 g/mol. The maximum absolute atomic E-state index is 12.2. The standard InChI is InChI=1S/C13H13N3O4S2.C2H6/c17-11-5-7-16(12(11)18)9-1-3-10(4-2-9)22(19,20)15-13-14-6-8-21-13;1-2/h1-4,6,8,11,17H,5,7H2,(H,14,15);1-2H3. The Labute approximate surface area is 145 Å². The van der Waals surface area contributed by atoms with E-state index in [9.17, 15) is 18.3 Å². The highest BCUT2D eigenvalue weighted by atomic mass is 32.2. The first-order valence-electron chi connectivity index (χ1n) is 7.49. The van der Waals surface area contributed by atoms with Crippen LogP contribution in [0.3, 0.4) is 0 Å². The van der Waals surface area contributed by atoms with E-state index in [1.807, 2.05) is 13.8 Å². The van der Waals surface area contributed by atoms with Crippen molar-refractivity contribution in [3.05, 3.63) is 35.8 Å². The highest BCUT2D eigenvalue weighted by Crippen LogP contribution is 2.24. The molecule has 3 rings (SSSR count). The number of aliphatic hydroxyl groups excluding tert-OH is 1. The number of anilines is 2. The number of carbonyl (C=O) groups is 1. The predicted octanol–water partition coefficient (Wildman–Crippen LogP) is 2.07. The molecule has 1 fully saturated rings. The molecule has 7 nitrogen and oxygen atoms in total. The van der Waals surface area contributed by atoms with E-state index in [2.05, 4.69) is 9.71 Å². The predicted molar refractivity (Wildman–Crippen MR) is 93.7 cm³/mol. The Hall–Kier alpha value is -1.97. The third-order valence-corrected chi connectivity index (χ3v) is 5.46. The van der Waals surface area contributed by atoms with Crippen molar-refractivity contribution in [1.29, 1.82) is 0 Å². The maximum Gasteiger partial charge on any atom is 0.263 e. The van der Waals surface area contributed by atoms with Crippen molar-refractivity contribution in [1.82, 2.24) is 4.98 Å². The number of thiazole rings is 1. The van der Waals surface area contributed by atoms with Gasteiger partial charge in [0.2, 0.25) is 0 Å². The number of amides is 1. The minimum atomic E-state index is -3.70. The van der Waals surface area contributed by atoms with Gasteiger partial charge < -0.3 is 10.0 Å². The van der Waals surface area contributed by atoms with Gasteiger partial charge in [-0.25, -0.2) is 13.4 Å². The summed E-state index contributed by atoms with van der Waals surface area (Å²) in [6, 6.07) is 5.94. The molecule has 0 spiro atoms. The van der Waals surface area contributed by atoms with Gasteiger partial charge in [0.25, 0.3) is 15.9 Å². The highest BCUT2D eigenvalue weighted by Gasteiger charge is 2.30. The topological polar surface area (TPSA) is 99.6 Å². The Kier molecular flexibility index (Phi) is 5.92. The molecule has 2 heterocycles. The molecule has 0 aliphatic carbocycles. The molecule has 9 heteroatoms. The van der Waals surface area contributed by atoms with Gasteiger partial charge >= 0.3 is 0 Å². The smallest absolute Gasteiger partial charge is 0.263 e. The molecule has 0 radical (unpaired) electrons. The first-order valence-corrected chi connectivity index (χ1v) is 9.85. The van der Waals surface area contributed by atoms with E-state index in [1.54, 1.807) is 17.5 Å². The molecule has 1 aliphatic rings. The minimum Gasteiger partial charge on any atom is -0.383 e. The maximum atomic E-state index is 12.2. The van der Waals surface area contributed by atoms with Crippen LogP contribution in [0.15, 0.2) is 40.7 Å². The van der Waals surface area contributed by atoms with Crippen molar-refractivity contribution >= 4 is 38.1 Å². The largest absolute Gasteiger partial charge is 0.383 e. The normalized spacial score (nSPS) is 17.4. The van der Waals surface area contributed by atoms with Gasteiger partial charge in [-0.2, -0.15) is 0 Å². The summed E-state index contributed by atoms with van der Waals surface area (Å²) in [7, 11) is -3.70. The first kappa shape index (κ1) is 18.4. The van der Waals surface area contributed by atoms with Crippen molar-refractivity contribution in [2.24, 2.45) is 0 Å². The van der Waals surface area contributed by atoms with Crippen LogP contribution < -0.4 is 9.62 Å². The van der Waals surface area contributed by atoms with Crippen molar-refractivity contribution in [2.75, 3.05) is 16.2 Å². The first-order chi connectivity index (χ1) is 11.5. The molecule has 1 aromatic carbocycles. The summed E-state index contributed by atoms with van der Waals surface area (Å²) in [5.74, 6) is -0.364. The molecule has 2 aromatic rings. The Morgan fingerprint density at radius 3 is 2.46 bits per heavy atom. The summed E-state index contributed by atoms with van der Waals surface area (Å²) >= 11 is 1.19. The van der Waals surface area contributed by atoms with Crippen LogP contribution in [-0.2, 0) is 14.8 Å². The van der Waals surface area contributed by atoms with Crippen LogP contribution in [0.25, 0.3) is 0 Å². The van der Waals surface area contributed by atoms with Crippen LogP contribution in [0.1, 0.15) is 20.3 Å². The van der Waals surface area contributed by atoms with E-state index in [0.717, 1.165) is 0 Å². The lowest BCUT2D eigenvalue weighted by Gasteiger charge is -2.16. The number of sulfonamides is 1. The number of aliphatic hydroxyl groups is 1. The van der Waals surface area contributed by atoms with Crippen LogP contribution in [0.5, 0.6) is 0 Å². The van der Waals surface area contributed by atoms with E-state index in [-0.39, 0.29) is 10.8 Å². The molecule has 1 amide bonds. The molecule has 0 bridgehead atoms. The van der Waals surface area contributed by atoms with Crippen molar-refractivity contribution in [3.8, 4) is 0 Å². The Balaban J connectivity index is 0.00000100. The molecule has 1 atom stereocenters. The van der Waals surface area contributed by atoms with Crippen molar-refractivity contribution < 1.29 is 18.3 Å². The summed E-state index contributed by atoms with van der Waals surface area (Å²) < 4.78 is 26.7. The Bertz CT molecular complexity index is 774. The lowest BCUT2D eigenvalue weighted by atomic mass is 10.3. The zero-order valence-electron chi connectivity index (χ0n) is 13.3. The molecule has 1 aliphatic heterocycles. The minimum absolute atomic E-state index is 0.0821. The zero-order valence-corrected chi connectivity index (χ0v) is 15.0. The molecule has 130 valence electrons. The van der Waals surface area contributed by atoms with Gasteiger partial charge in [-0.15, -0.1) is 11.3 Å². The number of aromatic nitrogens is 1. The van der Waals surface area contributed by atoms with E-state index < -0.39 is 16.1 Å². The van der Waals surface area contributed by atoms with Gasteiger partial charge in [0.15, 0.2) is 5.13 Å². The van der Waals surface area contributed by atoms with E-state index in [0.29, 0.717) is 23.8 Å². The molecule has 1 saturated heterocycles. The van der Waals surface area contributed by atoms with Crippen LogP contribution in [0.2, 0.25) is 0 Å². The number of nitrogens with one attached hydrogen (secondary N) is 1. The number of nitrogens with zero attached hydrogens (tertiary/aromatic N) is 2. The van der Waals surface area contributed by atoms with E-state index in [4.69, 9.17) is 0 Å². The lowest BCUT2D eigenvalue weighted by molar-refractivity contribution is -0.123. The molecular formula is C15H19N3O4S2. The number of benzene rings is 1. The molecular weight excluding hydrogens is 350 g/mol. The van der Waals surface area contributed by atoms with Crippen LogP contribution in [0.4, 0.5) is 10.8 Å². The molecule has 0 saturated carbocycles. The van der Waals surface area contributed by atoms with Gasteiger partial charge in [0, 0.05) is 30.2 Å². The fourth-order valence-corrected chi connectivity index (χ4v) is 3.96. The fraction of sp³-hybridized carbons (Fsp3) is 0.333. The third-order valence-electron chi connectivity index (χ3n) is 3.29. The van der Waals surface area contributed by atoms with Crippen LogP contribution >= 0.6 is 11.3 Å². The lowest BCUT2D eigenvalue weighted by Crippen LogP contribution is -2.29. The molecule has 2 N–H and O–H groups in total. The van der Waals surface area contributed by atoms with Crippen LogP contribution in [-0.4, -0.2) is 37.1 Å². The fourth-order valence-electron chi connectivity index (χ4n) is 2.17.